The maximum absolute atomic E-state index is 12.2. The number of carbonyl (C=O) groups excluding carboxylic acids is 1. The molecule has 1 unspecified atom stereocenters. The molecule has 1 aromatic heterocycles. The van der Waals surface area contributed by atoms with Crippen molar-refractivity contribution in [3.05, 3.63) is 71.9 Å². The highest BCUT2D eigenvalue weighted by Crippen LogP contribution is 2.14. The topological polar surface area (TPSA) is 56.9 Å². The molecule has 0 aliphatic heterocycles. The molecule has 0 aliphatic rings. The highest BCUT2D eigenvalue weighted by Gasteiger charge is 2.10. The van der Waals surface area contributed by atoms with Crippen LogP contribution in [0.2, 0.25) is 0 Å². The van der Waals surface area contributed by atoms with Gasteiger partial charge in [-0.1, -0.05) is 48.5 Å². The molecule has 1 atom stereocenters. The van der Waals surface area contributed by atoms with E-state index in [0.29, 0.717) is 5.69 Å². The average molecular weight is 293 g/mol. The number of hydrogen-bond acceptors (Lipinski definition) is 2. The van der Waals surface area contributed by atoms with Crippen molar-refractivity contribution >= 4 is 16.8 Å². The number of aromatic amines is 1. The smallest absolute Gasteiger partial charge is 0.281 e. The van der Waals surface area contributed by atoms with Gasteiger partial charge in [-0.3, -0.25) is 10.2 Å². The predicted molar refractivity (Wildman–Crippen MR) is 88.5 cm³/mol. The van der Waals surface area contributed by atoms with E-state index in [4.69, 9.17) is 0 Å². The normalized spacial score (nSPS) is 12.2. The minimum absolute atomic E-state index is 0.149. The molecule has 22 heavy (non-hydrogen) atoms. The van der Waals surface area contributed by atoms with E-state index in [1.54, 1.807) is 0 Å². The highest BCUT2D eigenvalue weighted by molar-refractivity contribution is 5.97. The lowest BCUT2D eigenvalue weighted by atomic mass is 10.1. The van der Waals surface area contributed by atoms with Crippen LogP contribution < -0.4 is 10.9 Å². The van der Waals surface area contributed by atoms with Crippen molar-refractivity contribution in [2.75, 3.05) is 0 Å². The first-order chi connectivity index (χ1) is 10.7. The van der Waals surface area contributed by atoms with Gasteiger partial charge in [0.1, 0.15) is 5.69 Å². The molecule has 112 valence electrons. The summed E-state index contributed by atoms with van der Waals surface area (Å²) in [5.74, 6) is -0.156. The molecule has 0 saturated heterocycles. The van der Waals surface area contributed by atoms with E-state index in [1.807, 2.05) is 55.5 Å². The quantitative estimate of drug-likeness (QED) is 0.633. The van der Waals surface area contributed by atoms with Gasteiger partial charge in [-0.25, -0.2) is 5.43 Å². The number of hydrogen-bond donors (Lipinski definition) is 3. The largest absolute Gasteiger partial charge is 0.350 e. The van der Waals surface area contributed by atoms with Gasteiger partial charge in [0.25, 0.3) is 5.91 Å². The van der Waals surface area contributed by atoms with Crippen LogP contribution in [0.3, 0.4) is 0 Å². The molecule has 0 bridgehead atoms. The van der Waals surface area contributed by atoms with E-state index < -0.39 is 0 Å². The number of benzene rings is 2. The van der Waals surface area contributed by atoms with E-state index in [2.05, 4.69) is 28.0 Å². The fourth-order valence-electron chi connectivity index (χ4n) is 2.47. The molecule has 0 spiro atoms. The Balaban J connectivity index is 1.57. The maximum atomic E-state index is 12.2. The number of H-pyrrole nitrogens is 1. The molecule has 4 nitrogen and oxygen atoms in total. The SMILES string of the molecule is CC(Cc1ccccc1)NNC(=O)c1cc2ccccc2[nH]1. The first-order valence-corrected chi connectivity index (χ1v) is 7.40. The number of para-hydroxylation sites is 1. The number of hydrazine groups is 1. The standard InChI is InChI=1S/C18H19N3O/c1-13(11-14-7-3-2-4-8-14)20-21-18(22)17-12-15-9-5-6-10-16(15)19-17/h2-10,12-13,19-20H,11H2,1H3,(H,21,22). The molecule has 3 aromatic rings. The molecular weight excluding hydrogens is 274 g/mol. The predicted octanol–water partition coefficient (Wildman–Crippen LogP) is 3.03. The van der Waals surface area contributed by atoms with Crippen molar-refractivity contribution in [3.8, 4) is 0 Å². The van der Waals surface area contributed by atoms with E-state index in [1.165, 1.54) is 5.56 Å². The van der Waals surface area contributed by atoms with Gasteiger partial charge in [-0.2, -0.15) is 0 Å². The second-order valence-electron chi connectivity index (χ2n) is 5.46. The lowest BCUT2D eigenvalue weighted by Crippen LogP contribution is -2.44. The van der Waals surface area contributed by atoms with Crippen LogP contribution in [-0.4, -0.2) is 16.9 Å². The lowest BCUT2D eigenvalue weighted by Gasteiger charge is -2.14. The van der Waals surface area contributed by atoms with Crippen LogP contribution in [0.1, 0.15) is 23.0 Å². The van der Waals surface area contributed by atoms with Gasteiger partial charge < -0.3 is 4.98 Å². The molecule has 0 saturated carbocycles. The first-order valence-electron chi connectivity index (χ1n) is 7.40. The zero-order valence-electron chi connectivity index (χ0n) is 12.5. The van der Waals surface area contributed by atoms with Gasteiger partial charge in [0, 0.05) is 16.9 Å². The Morgan fingerprint density at radius 1 is 1.09 bits per heavy atom. The number of carbonyl (C=O) groups is 1. The molecule has 0 fully saturated rings. The van der Waals surface area contributed by atoms with Crippen LogP contribution in [0.25, 0.3) is 10.9 Å². The monoisotopic (exact) mass is 293 g/mol. The lowest BCUT2D eigenvalue weighted by molar-refractivity contribution is 0.0922. The fraction of sp³-hybridized carbons (Fsp3) is 0.167. The Kier molecular flexibility index (Phi) is 4.21. The molecular formula is C18H19N3O. The van der Waals surface area contributed by atoms with Crippen LogP contribution >= 0.6 is 0 Å². The molecule has 1 heterocycles. The van der Waals surface area contributed by atoms with Crippen LogP contribution in [0, 0.1) is 0 Å². The maximum Gasteiger partial charge on any atom is 0.281 e. The Morgan fingerprint density at radius 3 is 2.59 bits per heavy atom. The number of aromatic nitrogens is 1. The molecule has 4 heteroatoms. The number of fused-ring (bicyclic) bond motifs is 1. The van der Waals surface area contributed by atoms with E-state index in [-0.39, 0.29) is 11.9 Å². The van der Waals surface area contributed by atoms with E-state index >= 15 is 0 Å². The molecule has 0 aliphatic carbocycles. The third-order valence-electron chi connectivity index (χ3n) is 3.59. The van der Waals surface area contributed by atoms with Crippen molar-refractivity contribution in [1.82, 2.24) is 15.8 Å². The second kappa shape index (κ2) is 6.45. The van der Waals surface area contributed by atoms with Crippen molar-refractivity contribution in [1.29, 1.82) is 0 Å². The minimum Gasteiger partial charge on any atom is -0.350 e. The first kappa shape index (κ1) is 14.4. The van der Waals surface area contributed by atoms with E-state index in [0.717, 1.165) is 17.3 Å². The Morgan fingerprint density at radius 2 is 1.82 bits per heavy atom. The van der Waals surface area contributed by atoms with Crippen LogP contribution in [-0.2, 0) is 6.42 Å². The van der Waals surface area contributed by atoms with Crippen molar-refractivity contribution in [2.24, 2.45) is 0 Å². The second-order valence-corrected chi connectivity index (χ2v) is 5.46. The van der Waals surface area contributed by atoms with Gasteiger partial charge in [-0.05, 0) is 31.0 Å². The third-order valence-corrected chi connectivity index (χ3v) is 3.59. The number of nitrogens with one attached hydrogen (secondary N) is 3. The summed E-state index contributed by atoms with van der Waals surface area (Å²) in [5, 5.41) is 1.03. The van der Waals surface area contributed by atoms with Crippen LogP contribution in [0.4, 0.5) is 0 Å². The van der Waals surface area contributed by atoms with Gasteiger partial charge in [0.05, 0.1) is 0 Å². The third kappa shape index (κ3) is 3.35. The Hall–Kier alpha value is -2.59. The number of amides is 1. The zero-order chi connectivity index (χ0) is 15.4. The van der Waals surface area contributed by atoms with Crippen LogP contribution in [0.5, 0.6) is 0 Å². The zero-order valence-corrected chi connectivity index (χ0v) is 12.5. The summed E-state index contributed by atoms with van der Waals surface area (Å²) in [6, 6.07) is 20.0. The molecule has 1 amide bonds. The summed E-state index contributed by atoms with van der Waals surface area (Å²) in [7, 11) is 0. The van der Waals surface area contributed by atoms with E-state index in [9.17, 15) is 4.79 Å². The summed E-state index contributed by atoms with van der Waals surface area (Å²) >= 11 is 0. The fourth-order valence-corrected chi connectivity index (χ4v) is 2.47. The summed E-state index contributed by atoms with van der Waals surface area (Å²) in [5.41, 5.74) is 8.57. The molecule has 3 rings (SSSR count). The van der Waals surface area contributed by atoms with Gasteiger partial charge in [0.15, 0.2) is 0 Å². The summed E-state index contributed by atoms with van der Waals surface area (Å²) in [6.45, 7) is 2.04. The van der Waals surface area contributed by atoms with Gasteiger partial charge in [0.2, 0.25) is 0 Å². The Labute approximate surface area is 129 Å². The molecule has 3 N–H and O–H groups in total. The van der Waals surface area contributed by atoms with Crippen molar-refractivity contribution in [2.45, 2.75) is 19.4 Å². The summed E-state index contributed by atoms with van der Waals surface area (Å²) < 4.78 is 0. The Bertz CT molecular complexity index is 731. The average Bonchev–Trinajstić information content (AvgIpc) is 2.98. The van der Waals surface area contributed by atoms with Gasteiger partial charge >= 0.3 is 0 Å². The summed E-state index contributed by atoms with van der Waals surface area (Å²) in [4.78, 5) is 15.3. The highest BCUT2D eigenvalue weighted by atomic mass is 16.2. The number of rotatable bonds is 5. The van der Waals surface area contributed by atoms with Crippen molar-refractivity contribution < 1.29 is 4.79 Å². The van der Waals surface area contributed by atoms with Crippen molar-refractivity contribution in [3.63, 3.8) is 0 Å². The van der Waals surface area contributed by atoms with Gasteiger partial charge in [-0.15, -0.1) is 0 Å². The minimum atomic E-state index is -0.156. The van der Waals surface area contributed by atoms with Crippen LogP contribution in [0.15, 0.2) is 60.7 Å². The molecule has 0 radical (unpaired) electrons. The summed E-state index contributed by atoms with van der Waals surface area (Å²) in [6.07, 6.45) is 0.855. The molecule has 2 aromatic carbocycles.